The minimum atomic E-state index is -0.312. The fourth-order valence-electron chi connectivity index (χ4n) is 4.16. The van der Waals surface area contributed by atoms with Crippen molar-refractivity contribution in [1.29, 1.82) is 0 Å². The molecule has 8 heteroatoms. The lowest BCUT2D eigenvalue weighted by Gasteiger charge is -2.16. The zero-order chi connectivity index (χ0) is 21.9. The minimum Gasteiger partial charge on any atom is -0.493 e. The lowest BCUT2D eigenvalue weighted by molar-refractivity contribution is -0.130. The topological polar surface area (TPSA) is 76.0 Å². The number of nitrogens with zero attached hydrogens (tertiary/aromatic N) is 4. The van der Waals surface area contributed by atoms with Gasteiger partial charge in [0.1, 0.15) is 18.1 Å². The number of fused-ring (bicyclic) bond motifs is 1. The number of hydrogen-bond donors (Lipinski definition) is 1. The highest BCUT2D eigenvalue weighted by atomic mass is 19.1. The molecule has 0 saturated carbocycles. The molecule has 0 spiro atoms. The highest BCUT2D eigenvalue weighted by Crippen LogP contribution is 2.27. The third kappa shape index (κ3) is 4.34. The Bertz CT molecular complexity index is 1230. The van der Waals surface area contributed by atoms with Crippen molar-refractivity contribution in [2.75, 3.05) is 19.7 Å². The van der Waals surface area contributed by atoms with E-state index in [1.54, 1.807) is 18.5 Å². The number of imidazole rings is 1. The summed E-state index contributed by atoms with van der Waals surface area (Å²) in [6.45, 7) is 2.10. The molecule has 32 heavy (non-hydrogen) atoms. The molecule has 1 atom stereocenters. The first-order valence-electron chi connectivity index (χ1n) is 10.8. The maximum absolute atomic E-state index is 13.2. The van der Waals surface area contributed by atoms with Crippen LogP contribution in [0.25, 0.3) is 11.0 Å². The smallest absolute Gasteiger partial charge is 0.242 e. The number of nitrogens with one attached hydrogen (secondary N) is 1. The maximum atomic E-state index is 13.2. The summed E-state index contributed by atoms with van der Waals surface area (Å²) in [6.07, 6.45) is 3.26. The van der Waals surface area contributed by atoms with Gasteiger partial charge in [-0.1, -0.05) is 18.2 Å². The van der Waals surface area contributed by atoms with Crippen LogP contribution in [0.1, 0.15) is 23.7 Å². The molecule has 1 unspecified atom stereocenters. The zero-order valence-corrected chi connectivity index (χ0v) is 17.6. The van der Waals surface area contributed by atoms with E-state index in [2.05, 4.69) is 15.2 Å². The van der Waals surface area contributed by atoms with Crippen molar-refractivity contribution in [3.8, 4) is 5.75 Å². The van der Waals surface area contributed by atoms with Crippen LogP contribution in [0, 0.1) is 5.82 Å². The van der Waals surface area contributed by atoms with E-state index in [1.807, 2.05) is 39.8 Å². The molecule has 1 fully saturated rings. The van der Waals surface area contributed by atoms with Crippen molar-refractivity contribution < 1.29 is 13.9 Å². The summed E-state index contributed by atoms with van der Waals surface area (Å²) >= 11 is 0. The second kappa shape index (κ2) is 8.82. The third-order valence-electron chi connectivity index (χ3n) is 5.88. The van der Waals surface area contributed by atoms with Crippen molar-refractivity contribution in [3.05, 3.63) is 78.1 Å². The Kier molecular flexibility index (Phi) is 5.58. The van der Waals surface area contributed by atoms with Gasteiger partial charge in [0.2, 0.25) is 5.91 Å². The predicted molar refractivity (Wildman–Crippen MR) is 118 cm³/mol. The molecule has 0 radical (unpaired) electrons. The number of benzene rings is 2. The molecule has 2 aromatic carbocycles. The normalized spacial score (nSPS) is 16.0. The van der Waals surface area contributed by atoms with Crippen molar-refractivity contribution in [2.24, 2.45) is 0 Å². The summed E-state index contributed by atoms with van der Waals surface area (Å²) in [4.78, 5) is 19.1. The molecular formula is C24H24FN5O2. The first-order valence-corrected chi connectivity index (χ1v) is 10.8. The summed E-state index contributed by atoms with van der Waals surface area (Å²) < 4.78 is 20.7. The van der Waals surface area contributed by atoms with Gasteiger partial charge in [0, 0.05) is 37.2 Å². The Morgan fingerprint density at radius 3 is 3.00 bits per heavy atom. The number of likely N-dealkylation sites (tertiary alicyclic amines) is 1. The number of aromatic amines is 1. The van der Waals surface area contributed by atoms with Crippen LogP contribution in [-0.4, -0.2) is 50.3 Å². The molecule has 4 aromatic rings. The van der Waals surface area contributed by atoms with Gasteiger partial charge in [-0.25, -0.2) is 9.37 Å². The molecule has 1 N–H and O–H groups in total. The first-order chi connectivity index (χ1) is 15.7. The molecule has 1 saturated heterocycles. The molecule has 0 bridgehead atoms. The third-order valence-corrected chi connectivity index (χ3v) is 5.88. The summed E-state index contributed by atoms with van der Waals surface area (Å²) in [5, 5.41) is 7.52. The Balaban J connectivity index is 1.14. The zero-order valence-electron chi connectivity index (χ0n) is 17.6. The number of carbonyl (C=O) groups excluding carboxylic acids is 1. The van der Waals surface area contributed by atoms with Crippen LogP contribution in [0.5, 0.6) is 5.75 Å². The Morgan fingerprint density at radius 2 is 2.09 bits per heavy atom. The Labute approximate surface area is 184 Å². The molecule has 1 aliphatic rings. The predicted octanol–water partition coefficient (Wildman–Crippen LogP) is 3.54. The Hall–Kier alpha value is -3.68. The van der Waals surface area contributed by atoms with Crippen LogP contribution >= 0.6 is 0 Å². The van der Waals surface area contributed by atoms with Gasteiger partial charge in [-0.2, -0.15) is 5.10 Å². The number of hydrogen-bond acceptors (Lipinski definition) is 4. The van der Waals surface area contributed by atoms with Gasteiger partial charge < -0.3 is 14.2 Å². The van der Waals surface area contributed by atoms with Gasteiger partial charge in [-0.05, 0) is 36.8 Å². The minimum absolute atomic E-state index is 0.0925. The van der Waals surface area contributed by atoms with Crippen molar-refractivity contribution >= 4 is 16.9 Å². The van der Waals surface area contributed by atoms with Crippen LogP contribution in [0.4, 0.5) is 4.39 Å². The fraction of sp³-hybridized carbons (Fsp3) is 0.292. The number of para-hydroxylation sites is 2. The largest absolute Gasteiger partial charge is 0.493 e. The number of H-pyrrole nitrogens is 1. The molecule has 1 amide bonds. The second-order valence-electron chi connectivity index (χ2n) is 8.06. The van der Waals surface area contributed by atoms with Crippen LogP contribution in [0.15, 0.2) is 60.9 Å². The molecule has 7 nitrogen and oxygen atoms in total. The van der Waals surface area contributed by atoms with Gasteiger partial charge in [-0.15, -0.1) is 0 Å². The maximum Gasteiger partial charge on any atom is 0.242 e. The SMILES string of the molecule is O=C(Cn1cnc2ccccc21)N1CCC(c2cc(CCOc3cccc(F)c3)[nH]n2)C1. The van der Waals surface area contributed by atoms with E-state index >= 15 is 0 Å². The lowest BCUT2D eigenvalue weighted by Crippen LogP contribution is -2.31. The average Bonchev–Trinajstić information content (AvgIpc) is 3.54. The molecule has 3 heterocycles. The quantitative estimate of drug-likeness (QED) is 0.484. The lowest BCUT2D eigenvalue weighted by atomic mass is 10.0. The van der Waals surface area contributed by atoms with Crippen LogP contribution in [0.2, 0.25) is 0 Å². The first kappa shape index (κ1) is 20.2. The van der Waals surface area contributed by atoms with Gasteiger partial charge in [0.05, 0.1) is 29.7 Å². The molecular weight excluding hydrogens is 409 g/mol. The summed E-state index contributed by atoms with van der Waals surface area (Å²) in [5.41, 5.74) is 3.79. The molecule has 1 aliphatic heterocycles. The number of ether oxygens (including phenoxy) is 1. The van der Waals surface area contributed by atoms with Crippen LogP contribution in [-0.2, 0) is 17.8 Å². The van der Waals surface area contributed by atoms with E-state index in [9.17, 15) is 9.18 Å². The highest BCUT2D eigenvalue weighted by molar-refractivity contribution is 5.80. The fourth-order valence-corrected chi connectivity index (χ4v) is 4.16. The highest BCUT2D eigenvalue weighted by Gasteiger charge is 2.29. The number of carbonyl (C=O) groups is 1. The number of aromatic nitrogens is 4. The van der Waals surface area contributed by atoms with Crippen molar-refractivity contribution in [1.82, 2.24) is 24.6 Å². The van der Waals surface area contributed by atoms with E-state index in [1.165, 1.54) is 12.1 Å². The monoisotopic (exact) mass is 433 g/mol. The Morgan fingerprint density at radius 1 is 1.19 bits per heavy atom. The van der Waals surface area contributed by atoms with E-state index in [0.29, 0.717) is 25.3 Å². The summed E-state index contributed by atoms with van der Waals surface area (Å²) in [6, 6.07) is 16.0. The van der Waals surface area contributed by atoms with Gasteiger partial charge in [0.25, 0.3) is 0 Å². The van der Waals surface area contributed by atoms with Crippen LogP contribution < -0.4 is 4.74 Å². The number of amides is 1. The van der Waals surface area contributed by atoms with Gasteiger partial charge in [-0.3, -0.25) is 9.89 Å². The standard InChI is InChI=1S/C24H24FN5O2/c25-18-4-3-5-20(12-18)32-11-9-19-13-22(28-27-19)17-8-10-29(14-17)24(31)15-30-16-26-21-6-1-2-7-23(21)30/h1-7,12-13,16-17H,8-11,14-15H2,(H,27,28). The van der Waals surface area contributed by atoms with Crippen molar-refractivity contribution in [2.45, 2.75) is 25.3 Å². The number of rotatable bonds is 7. The molecule has 0 aliphatic carbocycles. The van der Waals surface area contributed by atoms with E-state index in [-0.39, 0.29) is 24.2 Å². The van der Waals surface area contributed by atoms with Crippen molar-refractivity contribution in [3.63, 3.8) is 0 Å². The molecule has 2 aromatic heterocycles. The van der Waals surface area contributed by atoms with E-state index in [0.717, 1.165) is 35.4 Å². The van der Waals surface area contributed by atoms with E-state index < -0.39 is 0 Å². The van der Waals surface area contributed by atoms with Gasteiger partial charge in [0.15, 0.2) is 0 Å². The number of halogens is 1. The average molecular weight is 433 g/mol. The van der Waals surface area contributed by atoms with Crippen LogP contribution in [0.3, 0.4) is 0 Å². The second-order valence-corrected chi connectivity index (χ2v) is 8.06. The van der Waals surface area contributed by atoms with Gasteiger partial charge >= 0.3 is 0 Å². The molecule has 164 valence electrons. The summed E-state index contributed by atoms with van der Waals surface area (Å²) in [7, 11) is 0. The molecule has 5 rings (SSSR count). The van der Waals surface area contributed by atoms with E-state index in [4.69, 9.17) is 4.74 Å². The summed E-state index contributed by atoms with van der Waals surface area (Å²) in [5.74, 6) is 0.510.